The van der Waals surface area contributed by atoms with Crippen LogP contribution in [0.4, 0.5) is 0 Å². The topological polar surface area (TPSA) is 47.6 Å². The Morgan fingerprint density at radius 2 is 1.87 bits per heavy atom. The molecule has 0 saturated carbocycles. The Morgan fingerprint density at radius 1 is 1.17 bits per heavy atom. The molecule has 2 unspecified atom stereocenters. The average molecular weight is 327 g/mol. The molecular formula is C18H17NO3S. The smallest absolute Gasteiger partial charge is 0.258 e. The number of benzene rings is 2. The largest absolute Gasteiger partial charge is 0.497 e. The minimum absolute atomic E-state index is 0.0729. The molecule has 5 heteroatoms. The fourth-order valence-corrected chi connectivity index (χ4v) is 2.93. The predicted octanol–water partition coefficient (Wildman–Crippen LogP) is 3.20. The third-order valence-electron chi connectivity index (χ3n) is 3.95. The molecule has 2 aromatic carbocycles. The number of Topliss-reactive ketones (excluding diaryl/α,β-unsaturated/α-hetero) is 1. The molecule has 0 radical (unpaired) electrons. The zero-order valence-electron chi connectivity index (χ0n) is 12.9. The molecule has 1 heterocycles. The van der Waals surface area contributed by atoms with Gasteiger partial charge in [0.15, 0.2) is 6.10 Å². The zero-order chi connectivity index (χ0) is 16.4. The third-order valence-corrected chi connectivity index (χ3v) is 4.17. The van der Waals surface area contributed by atoms with Gasteiger partial charge < -0.3 is 14.8 Å². The van der Waals surface area contributed by atoms with E-state index in [2.05, 4.69) is 5.32 Å². The van der Waals surface area contributed by atoms with Gasteiger partial charge in [-0.05, 0) is 42.4 Å². The summed E-state index contributed by atoms with van der Waals surface area (Å²) in [5.41, 5.74) is 2.51. The standard InChI is InChI=1S/C18H17NO3S/c1-11-5-3-4-6-14(11)16(20)17-15(19-18(23)22-17)12-7-9-13(21-2)10-8-12/h3-10,15,17H,1-2H3,(H,19,23). The lowest BCUT2D eigenvalue weighted by molar-refractivity contribution is 0.0786. The second kappa shape index (κ2) is 6.38. The Hall–Kier alpha value is -2.40. The van der Waals surface area contributed by atoms with Crippen LogP contribution in [0.25, 0.3) is 0 Å². The van der Waals surface area contributed by atoms with Crippen molar-refractivity contribution in [2.24, 2.45) is 0 Å². The molecule has 1 saturated heterocycles. The molecule has 1 aliphatic heterocycles. The summed E-state index contributed by atoms with van der Waals surface area (Å²) in [5, 5.41) is 3.32. The molecule has 1 N–H and O–H groups in total. The Bertz CT molecular complexity index is 742. The average Bonchev–Trinajstić information content (AvgIpc) is 2.96. The molecular weight excluding hydrogens is 310 g/mol. The summed E-state index contributed by atoms with van der Waals surface area (Å²) in [6.45, 7) is 1.91. The molecule has 0 aromatic heterocycles. The molecule has 118 valence electrons. The van der Waals surface area contributed by atoms with E-state index in [1.807, 2.05) is 55.5 Å². The first-order valence-corrected chi connectivity index (χ1v) is 7.72. The van der Waals surface area contributed by atoms with Gasteiger partial charge in [0, 0.05) is 5.56 Å². The quantitative estimate of drug-likeness (QED) is 0.690. The Balaban J connectivity index is 1.91. The maximum Gasteiger partial charge on any atom is 0.258 e. The van der Waals surface area contributed by atoms with E-state index in [-0.39, 0.29) is 17.0 Å². The van der Waals surface area contributed by atoms with Crippen LogP contribution in [0.3, 0.4) is 0 Å². The Kier molecular flexibility index (Phi) is 4.30. The van der Waals surface area contributed by atoms with Crippen molar-refractivity contribution in [2.75, 3.05) is 7.11 Å². The third kappa shape index (κ3) is 3.05. The summed E-state index contributed by atoms with van der Waals surface area (Å²) < 4.78 is 10.8. The van der Waals surface area contributed by atoms with Crippen molar-refractivity contribution < 1.29 is 14.3 Å². The second-order valence-electron chi connectivity index (χ2n) is 5.40. The molecule has 2 aromatic rings. The van der Waals surface area contributed by atoms with E-state index in [0.717, 1.165) is 16.9 Å². The number of methoxy groups -OCH3 is 1. The molecule has 0 spiro atoms. The minimum Gasteiger partial charge on any atom is -0.497 e. The van der Waals surface area contributed by atoms with Crippen LogP contribution >= 0.6 is 12.2 Å². The number of rotatable bonds is 4. The van der Waals surface area contributed by atoms with Crippen molar-refractivity contribution in [2.45, 2.75) is 19.1 Å². The first-order chi connectivity index (χ1) is 11.1. The molecule has 0 bridgehead atoms. The monoisotopic (exact) mass is 327 g/mol. The van der Waals surface area contributed by atoms with Crippen LogP contribution in [-0.2, 0) is 4.74 Å². The summed E-state index contributed by atoms with van der Waals surface area (Å²) >= 11 is 5.11. The highest BCUT2D eigenvalue weighted by atomic mass is 32.1. The van der Waals surface area contributed by atoms with Crippen molar-refractivity contribution >= 4 is 23.2 Å². The van der Waals surface area contributed by atoms with Gasteiger partial charge in [-0.25, -0.2) is 0 Å². The van der Waals surface area contributed by atoms with Gasteiger partial charge in [0.25, 0.3) is 5.17 Å². The molecule has 1 fully saturated rings. The predicted molar refractivity (Wildman–Crippen MR) is 91.9 cm³/mol. The molecule has 0 amide bonds. The number of carbonyl (C=O) groups excluding carboxylic acids is 1. The maximum atomic E-state index is 12.9. The number of thiocarbonyl (C=S) groups is 1. The molecule has 1 aliphatic rings. The normalized spacial score (nSPS) is 19.8. The fourth-order valence-electron chi connectivity index (χ4n) is 2.70. The Morgan fingerprint density at radius 3 is 2.52 bits per heavy atom. The van der Waals surface area contributed by atoms with Gasteiger partial charge in [-0.2, -0.15) is 0 Å². The molecule has 2 atom stereocenters. The summed E-state index contributed by atoms with van der Waals surface area (Å²) in [5.74, 6) is 0.688. The number of hydrogen-bond acceptors (Lipinski definition) is 4. The molecule has 0 aliphatic carbocycles. The summed E-state index contributed by atoms with van der Waals surface area (Å²) in [6.07, 6.45) is -0.669. The van der Waals surface area contributed by atoms with Crippen LogP contribution in [0.2, 0.25) is 0 Å². The van der Waals surface area contributed by atoms with Gasteiger partial charge in [0.1, 0.15) is 5.75 Å². The lowest BCUT2D eigenvalue weighted by Crippen LogP contribution is -2.29. The highest BCUT2D eigenvalue weighted by Gasteiger charge is 2.39. The van der Waals surface area contributed by atoms with E-state index in [1.165, 1.54) is 0 Å². The summed E-state index contributed by atoms with van der Waals surface area (Å²) in [6, 6.07) is 14.7. The van der Waals surface area contributed by atoms with Crippen LogP contribution in [0, 0.1) is 6.92 Å². The number of ketones is 1. The lowest BCUT2D eigenvalue weighted by atomic mass is 9.93. The molecule has 23 heavy (non-hydrogen) atoms. The van der Waals surface area contributed by atoms with Gasteiger partial charge >= 0.3 is 0 Å². The number of hydrogen-bond donors (Lipinski definition) is 1. The van der Waals surface area contributed by atoms with Crippen molar-refractivity contribution in [3.63, 3.8) is 0 Å². The van der Waals surface area contributed by atoms with E-state index in [1.54, 1.807) is 7.11 Å². The minimum atomic E-state index is -0.669. The number of nitrogens with one attached hydrogen (secondary N) is 1. The first-order valence-electron chi connectivity index (χ1n) is 7.31. The summed E-state index contributed by atoms with van der Waals surface area (Å²) in [4.78, 5) is 12.9. The Labute approximate surface area is 140 Å². The van der Waals surface area contributed by atoms with Crippen LogP contribution < -0.4 is 10.1 Å². The number of ether oxygens (including phenoxy) is 2. The van der Waals surface area contributed by atoms with Gasteiger partial charge in [0.05, 0.1) is 13.2 Å². The van der Waals surface area contributed by atoms with Gasteiger partial charge in [0.2, 0.25) is 5.78 Å². The van der Waals surface area contributed by atoms with Crippen molar-refractivity contribution in [1.29, 1.82) is 0 Å². The van der Waals surface area contributed by atoms with Gasteiger partial charge in [-0.15, -0.1) is 0 Å². The molecule has 3 rings (SSSR count). The van der Waals surface area contributed by atoms with E-state index < -0.39 is 6.10 Å². The van der Waals surface area contributed by atoms with Gasteiger partial charge in [-0.1, -0.05) is 36.4 Å². The van der Waals surface area contributed by atoms with E-state index in [9.17, 15) is 4.79 Å². The van der Waals surface area contributed by atoms with E-state index in [4.69, 9.17) is 21.7 Å². The van der Waals surface area contributed by atoms with Gasteiger partial charge in [-0.3, -0.25) is 4.79 Å². The fraction of sp³-hybridized carbons (Fsp3) is 0.222. The highest BCUT2D eigenvalue weighted by molar-refractivity contribution is 7.80. The van der Waals surface area contributed by atoms with Crippen molar-refractivity contribution in [3.05, 3.63) is 65.2 Å². The number of carbonyl (C=O) groups is 1. The zero-order valence-corrected chi connectivity index (χ0v) is 13.7. The van der Waals surface area contributed by atoms with E-state index >= 15 is 0 Å². The van der Waals surface area contributed by atoms with Crippen molar-refractivity contribution in [1.82, 2.24) is 5.32 Å². The number of aryl methyl sites for hydroxylation is 1. The first kappa shape index (κ1) is 15.5. The van der Waals surface area contributed by atoms with Crippen LogP contribution in [0.1, 0.15) is 27.5 Å². The maximum absolute atomic E-state index is 12.9. The van der Waals surface area contributed by atoms with Crippen LogP contribution in [0.15, 0.2) is 48.5 Å². The van der Waals surface area contributed by atoms with Crippen molar-refractivity contribution in [3.8, 4) is 5.75 Å². The lowest BCUT2D eigenvalue weighted by Gasteiger charge is -2.18. The highest BCUT2D eigenvalue weighted by Crippen LogP contribution is 2.29. The second-order valence-corrected chi connectivity index (χ2v) is 5.77. The van der Waals surface area contributed by atoms with Crippen LogP contribution in [-0.4, -0.2) is 24.2 Å². The molecule has 4 nitrogen and oxygen atoms in total. The van der Waals surface area contributed by atoms with Crippen LogP contribution in [0.5, 0.6) is 5.75 Å². The van der Waals surface area contributed by atoms with E-state index in [0.29, 0.717) is 5.56 Å². The SMILES string of the molecule is COc1ccc(C2NC(=S)OC2C(=O)c2ccccc2C)cc1. The summed E-state index contributed by atoms with van der Waals surface area (Å²) in [7, 11) is 1.62.